The van der Waals surface area contributed by atoms with Crippen molar-refractivity contribution in [1.82, 2.24) is 0 Å². The first-order chi connectivity index (χ1) is 70.7. The molecule has 0 aromatic heterocycles. The molecule has 0 spiro atoms. The number of ether oxygens (including phenoxy) is 2. The van der Waals surface area contributed by atoms with Gasteiger partial charge in [0, 0.05) is 116 Å². The van der Waals surface area contributed by atoms with Crippen LogP contribution in [0.5, 0.6) is 51.7 Å². The van der Waals surface area contributed by atoms with Gasteiger partial charge < -0.3 is 50.3 Å². The topological polar surface area (TPSA) is 322 Å². The molecular formula is C116H94Br2Cl7F2N9O12. The van der Waals surface area contributed by atoms with Crippen LogP contribution in [0.1, 0.15) is 100 Å². The van der Waals surface area contributed by atoms with Gasteiger partial charge in [0.05, 0.1) is 91.1 Å². The van der Waals surface area contributed by atoms with Crippen LogP contribution in [0, 0.1) is 89.5 Å². The minimum Gasteiger partial charge on any atom is -0.507 e. The van der Waals surface area contributed by atoms with Crippen LogP contribution in [0.4, 0.5) is 60.0 Å². The number of rotatable bonds is 17. The van der Waals surface area contributed by atoms with Gasteiger partial charge in [-0.1, -0.05) is 147 Å². The van der Waals surface area contributed by atoms with E-state index in [2.05, 4.69) is 77.7 Å². The van der Waals surface area contributed by atoms with E-state index in [4.69, 9.17) is 97.1 Å². The van der Waals surface area contributed by atoms with E-state index < -0.39 is 4.92 Å². The molecule has 16 aromatic carbocycles. The third-order valence-electron chi connectivity index (χ3n) is 20.4. The van der Waals surface area contributed by atoms with E-state index >= 15 is 0 Å². The van der Waals surface area contributed by atoms with Crippen molar-refractivity contribution in [2.24, 2.45) is 39.9 Å². The Hall–Kier alpha value is -15.2. The van der Waals surface area contributed by atoms with Crippen molar-refractivity contribution in [3.05, 3.63) is 463 Å². The number of nitro benzene ring substituents is 1. The molecule has 32 heteroatoms. The molecule has 1 heterocycles. The number of terminal acetylenes is 1. The Balaban J connectivity index is 0.000000173. The van der Waals surface area contributed by atoms with Gasteiger partial charge in [0.15, 0.2) is 6.79 Å². The Labute approximate surface area is 906 Å². The number of halogens is 11. The van der Waals surface area contributed by atoms with Crippen LogP contribution in [0.2, 0.25) is 35.2 Å². The van der Waals surface area contributed by atoms with E-state index in [9.17, 15) is 59.7 Å². The molecular weight excluding hydrogens is 2160 g/mol. The number of fused-ring (bicyclic) bond motifs is 1. The zero-order valence-corrected chi connectivity index (χ0v) is 88.8. The fourth-order valence-corrected chi connectivity index (χ4v) is 16.1. The maximum Gasteiger partial charge on any atom is 0.290 e. The van der Waals surface area contributed by atoms with Gasteiger partial charge in [0.2, 0.25) is 0 Å². The fourth-order valence-electron chi connectivity index (χ4n) is 13.1. The number of phenols is 8. The van der Waals surface area contributed by atoms with Crippen LogP contribution < -0.4 is 4.74 Å². The summed E-state index contributed by atoms with van der Waals surface area (Å²) in [4.78, 5) is 44.2. The van der Waals surface area contributed by atoms with E-state index in [1.807, 2.05) is 207 Å². The Bertz CT molecular complexity index is 7320. The third kappa shape index (κ3) is 36.5. The summed E-state index contributed by atoms with van der Waals surface area (Å²) in [5.41, 5.74) is 19.6. The van der Waals surface area contributed by atoms with E-state index in [1.165, 1.54) is 48.8 Å². The summed E-state index contributed by atoms with van der Waals surface area (Å²) in [5, 5.41) is 91.4. The lowest BCUT2D eigenvalue weighted by Crippen LogP contribution is -2.10. The molecule has 0 aliphatic carbocycles. The largest absolute Gasteiger partial charge is 0.507 e. The molecule has 0 amide bonds. The Kier molecular flexibility index (Phi) is 44.3. The molecule has 1 aliphatic heterocycles. The molecule has 148 heavy (non-hydrogen) atoms. The standard InChI is InChI=1S/C16H12ClNO.C16H15NO3.C14H11BrFNO.C14H12BrNO.C14H10Cl2N2O3.C14H11Cl2NO.C14H11ClFNO.C14H12ClNO/c1-3-12-5-4-6-14(9-12)18-10-13-7-11(2)8-15(17)16(13)19;1-11-2-4-15(18)12(6-11)8-17-14-3-5-16-13(7-14)9-19-10-20-16;1-9-6-10(14(18)13(15)7-9)8-17-12-4-2-11(16)3-5-12;1-10-7-11(14(17)13(15)8-10)9-16-12-5-3-2-4-6-12;1-8-5-9(14(19)10(15)6-8)7-17-11-3-2-4-12(13(11)16)18(20)21;1-9-6-10(14(18)13(16)7-9)8-17-12-4-2-11(15)3-5-12;1-9-6-10(14(18)13(15)7-9)8-17-12-4-2-11(16)3-5-12;1-10-7-11(14(17)13(15)8-10)9-16-12-5-3-2-4-6-12/h1,4-10,19H,2H3;2-8,18H,9-10H2,1H3;2-8,18H,1H3;2-9,17H,1H3;2-7,19H,1H3;2*2-8,18H,1H3;2-9,17H,1H3. The third-order valence-corrected chi connectivity index (χ3v) is 23.7. The number of nitro groups is 1. The van der Waals surface area contributed by atoms with Gasteiger partial charge in [-0.05, 0) is 363 Å². The normalized spacial score (nSPS) is 11.4. The van der Waals surface area contributed by atoms with Crippen LogP contribution in [-0.4, -0.2) is 102 Å². The number of para-hydroxylation sites is 2. The van der Waals surface area contributed by atoms with Crippen LogP contribution in [0.15, 0.2) is 346 Å². The van der Waals surface area contributed by atoms with E-state index in [0.717, 1.165) is 89.8 Å². The van der Waals surface area contributed by atoms with E-state index in [-0.39, 0.29) is 84.1 Å². The summed E-state index contributed by atoms with van der Waals surface area (Å²) < 4.78 is 37.3. The van der Waals surface area contributed by atoms with Crippen LogP contribution >= 0.6 is 113 Å². The predicted octanol–water partition coefficient (Wildman–Crippen LogP) is 33.7. The van der Waals surface area contributed by atoms with Gasteiger partial charge in [-0.15, -0.1) is 6.42 Å². The summed E-state index contributed by atoms with van der Waals surface area (Å²) in [7, 11) is 0. The highest BCUT2D eigenvalue weighted by molar-refractivity contribution is 9.11. The van der Waals surface area contributed by atoms with Crippen LogP contribution in [0.25, 0.3) is 0 Å². The molecule has 1 aliphatic rings. The van der Waals surface area contributed by atoms with Crippen molar-refractivity contribution >= 4 is 214 Å². The first-order valence-corrected chi connectivity index (χ1v) is 48.7. The van der Waals surface area contributed by atoms with Gasteiger partial charge in [-0.2, -0.15) is 0 Å². The minimum absolute atomic E-state index is 0.00636. The maximum atomic E-state index is 12.7. The molecule has 8 N–H and O–H groups in total. The highest BCUT2D eigenvalue weighted by Crippen LogP contribution is 2.39. The predicted molar refractivity (Wildman–Crippen MR) is 608 cm³/mol. The minimum atomic E-state index is -0.581. The van der Waals surface area contributed by atoms with Gasteiger partial charge >= 0.3 is 0 Å². The van der Waals surface area contributed by atoms with Crippen molar-refractivity contribution in [1.29, 1.82) is 0 Å². The van der Waals surface area contributed by atoms with Crippen molar-refractivity contribution < 1.29 is 64.0 Å². The Morgan fingerprint density at radius 2 is 0.649 bits per heavy atom. The lowest BCUT2D eigenvalue weighted by atomic mass is 10.1. The maximum absolute atomic E-state index is 12.7. The van der Waals surface area contributed by atoms with Crippen LogP contribution in [-0.2, 0) is 11.3 Å². The lowest BCUT2D eigenvalue weighted by molar-refractivity contribution is -0.384. The lowest BCUT2D eigenvalue weighted by Gasteiger charge is -2.17. The molecule has 0 atom stereocenters. The molecule has 0 bridgehead atoms. The molecule has 0 unspecified atom stereocenters. The number of hydrogen-bond acceptors (Lipinski definition) is 20. The van der Waals surface area contributed by atoms with Crippen molar-refractivity contribution in [2.75, 3.05) is 6.79 Å². The highest BCUT2D eigenvalue weighted by atomic mass is 79.9. The molecule has 16 aromatic rings. The summed E-state index contributed by atoms with van der Waals surface area (Å²) in [6.07, 6.45) is 17.8. The van der Waals surface area contributed by atoms with E-state index in [0.29, 0.717) is 98.3 Å². The van der Waals surface area contributed by atoms with Crippen molar-refractivity contribution in [2.45, 2.75) is 62.0 Å². The highest BCUT2D eigenvalue weighted by Gasteiger charge is 2.18. The smallest absolute Gasteiger partial charge is 0.290 e. The summed E-state index contributed by atoms with van der Waals surface area (Å²) >= 11 is 47.7. The Morgan fingerprint density at radius 1 is 0.338 bits per heavy atom. The second-order valence-corrected chi connectivity index (χ2v) is 37.0. The van der Waals surface area contributed by atoms with Gasteiger partial charge in [-0.25, -0.2) is 8.78 Å². The summed E-state index contributed by atoms with van der Waals surface area (Å²) in [5.74, 6) is 3.40. The first kappa shape index (κ1) is 115. The van der Waals surface area contributed by atoms with Crippen molar-refractivity contribution in [3.8, 4) is 64.1 Å². The van der Waals surface area contributed by atoms with Crippen LogP contribution in [0.3, 0.4) is 0 Å². The zero-order chi connectivity index (χ0) is 107. The molecule has 0 saturated heterocycles. The van der Waals surface area contributed by atoms with Crippen molar-refractivity contribution in [3.63, 3.8) is 0 Å². The number of nitrogens with zero attached hydrogens (tertiary/aromatic N) is 9. The average Bonchev–Trinajstić information content (AvgIpc) is 0.810. The SMILES string of the molecule is C#Cc1cccc(N=Cc2cc(C)cc(Cl)c2O)c1.Cc1cc(Br)c(O)c(C=Nc2ccc(F)cc2)c1.Cc1cc(Br)c(O)c(C=Nc2ccccc2)c1.Cc1cc(Cl)c(O)c(C=Nc2ccc(Cl)cc2)c1.Cc1cc(Cl)c(O)c(C=Nc2ccc(F)cc2)c1.Cc1cc(Cl)c(O)c(C=Nc2cccc([N+](=O)[O-])c2Cl)c1.Cc1cc(Cl)c(O)c(C=Nc2ccccc2)c1.Cc1ccc(O)c(C=Nc2ccc3c(c2)COCO3)c1. The molecule has 0 fully saturated rings. The fraction of sp³-hybridized carbons (Fsp3) is 0.0862. The second-order valence-electron chi connectivity index (χ2n) is 32.5. The summed E-state index contributed by atoms with van der Waals surface area (Å²) in [6.45, 7) is 16.1. The molecule has 17 rings (SSSR count). The first-order valence-electron chi connectivity index (χ1n) is 44.5. The quantitative estimate of drug-likeness (QED) is 0.0183. The molecule has 752 valence electrons. The number of aromatic hydroxyl groups is 8. The molecule has 0 saturated carbocycles. The number of aryl methyl sites for hydroxylation is 8. The van der Waals surface area contributed by atoms with Gasteiger partial charge in [0.25, 0.3) is 5.69 Å². The van der Waals surface area contributed by atoms with Gasteiger partial charge in [0.1, 0.15) is 68.4 Å². The zero-order valence-electron chi connectivity index (χ0n) is 80.3. The summed E-state index contributed by atoms with van der Waals surface area (Å²) in [6, 6.07) is 85.4. The number of benzene rings is 16. The second kappa shape index (κ2) is 57.1. The monoisotopic (exact) mass is 2250 g/mol. The average molecular weight is 2250 g/mol. The Morgan fingerprint density at radius 3 is 1.03 bits per heavy atom. The number of aliphatic imine (C=N–C) groups is 8. The molecule has 0 radical (unpaired) electrons. The molecule has 21 nitrogen and oxygen atoms in total. The van der Waals surface area contributed by atoms with E-state index in [1.54, 1.807) is 146 Å². The van der Waals surface area contributed by atoms with Gasteiger partial charge in [-0.3, -0.25) is 50.1 Å². The number of hydrogen-bond donors (Lipinski definition) is 8. The number of phenolic OH excluding ortho intramolecular Hbond substituents is 8.